The number of aliphatic hydroxyl groups is 1. The molecule has 0 aliphatic heterocycles. The summed E-state index contributed by atoms with van der Waals surface area (Å²) in [6.07, 6.45) is -5.02. The van der Waals surface area contributed by atoms with Gasteiger partial charge in [0, 0.05) is 5.56 Å². The van der Waals surface area contributed by atoms with Crippen LogP contribution in [0.1, 0.15) is 11.3 Å². The third-order valence-electron chi connectivity index (χ3n) is 1.71. The average molecular weight is 241 g/mol. The molecule has 2 N–H and O–H groups in total. The summed E-state index contributed by atoms with van der Waals surface area (Å²) in [6, 6.07) is 0.654. The van der Waals surface area contributed by atoms with Crippen LogP contribution in [0.2, 0.25) is 0 Å². The predicted octanol–water partition coefficient (Wildman–Crippen LogP) is 1.24. The molecule has 4 nitrogen and oxygen atoms in total. The van der Waals surface area contributed by atoms with Crippen LogP contribution in [0, 0.1) is 0 Å². The molecule has 0 bridgehead atoms. The molecule has 0 amide bonds. The Hall–Kier alpha value is -1.57. The molecule has 0 aliphatic rings. The van der Waals surface area contributed by atoms with Crippen molar-refractivity contribution < 1.29 is 27.4 Å². The molecular weight excluding hydrogens is 234 g/mol. The molecule has 0 unspecified atom stereocenters. The standard InChI is InChI=1S/C8H7F4NO3/c9-2-5-4(3-14)1-6(7(15)13-5)16-8(10,11)12/h1,14H,2-3H2,(H,13,15). The van der Waals surface area contributed by atoms with Crippen LogP contribution >= 0.6 is 0 Å². The molecule has 16 heavy (non-hydrogen) atoms. The summed E-state index contributed by atoms with van der Waals surface area (Å²) in [7, 11) is 0. The van der Waals surface area contributed by atoms with E-state index < -0.39 is 31.0 Å². The van der Waals surface area contributed by atoms with Crippen LogP contribution in [0.15, 0.2) is 10.9 Å². The van der Waals surface area contributed by atoms with E-state index >= 15 is 0 Å². The summed E-state index contributed by atoms with van der Waals surface area (Å²) in [5.41, 5.74) is -1.65. The van der Waals surface area contributed by atoms with Crippen LogP contribution in [0.3, 0.4) is 0 Å². The van der Waals surface area contributed by atoms with Crippen LogP contribution in [0.25, 0.3) is 0 Å². The van der Waals surface area contributed by atoms with Crippen molar-refractivity contribution in [2.24, 2.45) is 0 Å². The van der Waals surface area contributed by atoms with Crippen molar-refractivity contribution in [3.63, 3.8) is 0 Å². The van der Waals surface area contributed by atoms with Gasteiger partial charge < -0.3 is 14.8 Å². The number of nitrogens with one attached hydrogen (secondary N) is 1. The van der Waals surface area contributed by atoms with Crippen LogP contribution in [-0.2, 0) is 13.3 Å². The lowest BCUT2D eigenvalue weighted by Crippen LogP contribution is -2.23. The fraction of sp³-hybridized carbons (Fsp3) is 0.375. The van der Waals surface area contributed by atoms with Gasteiger partial charge >= 0.3 is 6.36 Å². The Labute approximate surface area is 86.5 Å². The molecule has 0 spiro atoms. The van der Waals surface area contributed by atoms with Crippen molar-refractivity contribution >= 4 is 0 Å². The molecule has 1 heterocycles. The number of H-pyrrole nitrogens is 1. The molecular formula is C8H7F4NO3. The molecule has 1 aromatic heterocycles. The van der Waals surface area contributed by atoms with E-state index in [1.807, 2.05) is 4.98 Å². The first-order chi connectivity index (χ1) is 7.37. The highest BCUT2D eigenvalue weighted by atomic mass is 19.4. The average Bonchev–Trinajstić information content (AvgIpc) is 2.18. The first-order valence-electron chi connectivity index (χ1n) is 4.05. The van der Waals surface area contributed by atoms with Gasteiger partial charge in [0.15, 0.2) is 5.75 Å². The first-order valence-corrected chi connectivity index (χ1v) is 4.05. The van der Waals surface area contributed by atoms with Crippen molar-refractivity contribution in [1.29, 1.82) is 0 Å². The lowest BCUT2D eigenvalue weighted by atomic mass is 10.2. The number of aromatic amines is 1. The molecule has 1 aromatic rings. The highest BCUT2D eigenvalue weighted by Gasteiger charge is 2.32. The summed E-state index contributed by atoms with van der Waals surface area (Å²) in [6.45, 7) is -1.80. The second kappa shape index (κ2) is 4.52. The van der Waals surface area contributed by atoms with E-state index in [2.05, 4.69) is 4.74 Å². The Morgan fingerprint density at radius 2 is 2.06 bits per heavy atom. The minimum atomic E-state index is -5.02. The Morgan fingerprint density at radius 1 is 1.44 bits per heavy atom. The summed E-state index contributed by atoms with van der Waals surface area (Å²) < 4.78 is 51.2. The van der Waals surface area contributed by atoms with Gasteiger partial charge in [-0.15, -0.1) is 13.2 Å². The highest BCUT2D eigenvalue weighted by molar-refractivity contribution is 5.29. The van der Waals surface area contributed by atoms with Crippen molar-refractivity contribution in [3.05, 3.63) is 27.7 Å². The van der Waals surface area contributed by atoms with Gasteiger partial charge in [0.25, 0.3) is 5.56 Å². The monoisotopic (exact) mass is 241 g/mol. The van der Waals surface area contributed by atoms with E-state index in [9.17, 15) is 22.4 Å². The molecule has 0 fully saturated rings. The number of ether oxygens (including phenoxy) is 1. The molecule has 1 rings (SSSR count). The van der Waals surface area contributed by atoms with E-state index in [-0.39, 0.29) is 11.3 Å². The Balaban J connectivity index is 3.17. The van der Waals surface area contributed by atoms with Gasteiger partial charge in [-0.2, -0.15) is 0 Å². The Morgan fingerprint density at radius 3 is 2.50 bits per heavy atom. The topological polar surface area (TPSA) is 62.3 Å². The molecule has 0 atom stereocenters. The second-order valence-corrected chi connectivity index (χ2v) is 2.81. The number of hydrogen-bond donors (Lipinski definition) is 2. The number of halogens is 4. The van der Waals surface area contributed by atoms with Gasteiger partial charge in [0.05, 0.1) is 12.3 Å². The maximum atomic E-state index is 12.3. The van der Waals surface area contributed by atoms with Gasteiger partial charge in [0.1, 0.15) is 6.67 Å². The molecule has 0 aliphatic carbocycles. The van der Waals surface area contributed by atoms with E-state index in [1.165, 1.54) is 0 Å². The van der Waals surface area contributed by atoms with Crippen molar-refractivity contribution in [2.45, 2.75) is 19.6 Å². The minimum Gasteiger partial charge on any atom is -0.400 e. The Kier molecular flexibility index (Phi) is 3.53. The predicted molar refractivity (Wildman–Crippen MR) is 44.5 cm³/mol. The summed E-state index contributed by atoms with van der Waals surface area (Å²) in [4.78, 5) is 12.9. The number of hydrogen-bond acceptors (Lipinski definition) is 3. The van der Waals surface area contributed by atoms with Crippen molar-refractivity contribution in [2.75, 3.05) is 0 Å². The van der Waals surface area contributed by atoms with Crippen LogP contribution < -0.4 is 10.3 Å². The number of alkyl halides is 4. The van der Waals surface area contributed by atoms with Gasteiger partial charge in [-0.3, -0.25) is 4.79 Å². The normalized spacial score (nSPS) is 11.6. The zero-order valence-electron chi connectivity index (χ0n) is 7.77. The number of rotatable bonds is 3. The van der Waals surface area contributed by atoms with Gasteiger partial charge in [-0.1, -0.05) is 0 Å². The number of aromatic nitrogens is 1. The molecule has 0 saturated carbocycles. The third kappa shape index (κ3) is 2.96. The quantitative estimate of drug-likeness (QED) is 0.782. The van der Waals surface area contributed by atoms with Crippen molar-refractivity contribution in [3.8, 4) is 5.75 Å². The fourth-order valence-corrected chi connectivity index (χ4v) is 1.05. The maximum absolute atomic E-state index is 12.3. The van der Waals surface area contributed by atoms with Gasteiger partial charge in [-0.25, -0.2) is 4.39 Å². The van der Waals surface area contributed by atoms with Crippen molar-refractivity contribution in [1.82, 2.24) is 4.98 Å². The lowest BCUT2D eigenvalue weighted by molar-refractivity contribution is -0.275. The third-order valence-corrected chi connectivity index (χ3v) is 1.71. The molecule has 0 radical (unpaired) electrons. The molecule has 90 valence electrons. The molecule has 0 aromatic carbocycles. The maximum Gasteiger partial charge on any atom is 0.573 e. The van der Waals surface area contributed by atoms with Crippen LogP contribution in [0.4, 0.5) is 17.6 Å². The molecule has 8 heteroatoms. The SMILES string of the molecule is O=c1[nH]c(CF)c(CO)cc1OC(F)(F)F. The lowest BCUT2D eigenvalue weighted by Gasteiger charge is -2.10. The van der Waals surface area contributed by atoms with E-state index in [4.69, 9.17) is 5.11 Å². The highest BCUT2D eigenvalue weighted by Crippen LogP contribution is 2.21. The zero-order chi connectivity index (χ0) is 12.3. The summed E-state index contributed by atoms with van der Waals surface area (Å²) in [5.74, 6) is -1.03. The second-order valence-electron chi connectivity index (χ2n) is 2.81. The summed E-state index contributed by atoms with van der Waals surface area (Å²) in [5, 5.41) is 8.74. The fourth-order valence-electron chi connectivity index (χ4n) is 1.05. The minimum absolute atomic E-state index is 0.165. The van der Waals surface area contributed by atoms with E-state index in [0.717, 1.165) is 0 Å². The zero-order valence-corrected chi connectivity index (χ0v) is 7.77. The Bertz CT molecular complexity index is 426. The van der Waals surface area contributed by atoms with Gasteiger partial charge in [-0.05, 0) is 6.07 Å². The number of pyridine rings is 1. The smallest absolute Gasteiger partial charge is 0.400 e. The van der Waals surface area contributed by atoms with Gasteiger partial charge in [0.2, 0.25) is 0 Å². The van der Waals surface area contributed by atoms with Crippen LogP contribution in [0.5, 0.6) is 5.75 Å². The summed E-state index contributed by atoms with van der Waals surface area (Å²) >= 11 is 0. The number of aliphatic hydroxyl groups excluding tert-OH is 1. The molecule has 0 saturated heterocycles. The first kappa shape index (κ1) is 12.5. The van der Waals surface area contributed by atoms with E-state index in [0.29, 0.717) is 6.07 Å². The van der Waals surface area contributed by atoms with E-state index in [1.54, 1.807) is 0 Å². The van der Waals surface area contributed by atoms with Crippen LogP contribution in [-0.4, -0.2) is 16.5 Å². The largest absolute Gasteiger partial charge is 0.573 e.